The van der Waals surface area contributed by atoms with Gasteiger partial charge < -0.3 is 23.9 Å². The number of hydrogen-bond donors (Lipinski definition) is 1. The Kier molecular flexibility index (Phi) is 4.20. The molecule has 0 aliphatic carbocycles. The molecule has 0 unspecified atom stereocenters. The van der Waals surface area contributed by atoms with Crippen LogP contribution in [0.5, 0.6) is 0 Å². The summed E-state index contributed by atoms with van der Waals surface area (Å²) in [6.07, 6.45) is 3.77. The zero-order valence-electron chi connectivity index (χ0n) is 12.9. The van der Waals surface area contributed by atoms with Gasteiger partial charge in [0.2, 0.25) is 0 Å². The number of nitrogens with one attached hydrogen (secondary N) is 1. The molecule has 3 rings (SSSR count). The Bertz CT molecular complexity index is 647. The van der Waals surface area contributed by atoms with Gasteiger partial charge in [0.15, 0.2) is 0 Å². The molecule has 0 saturated carbocycles. The summed E-state index contributed by atoms with van der Waals surface area (Å²) in [4.78, 5) is 14.1. The van der Waals surface area contributed by atoms with Crippen LogP contribution >= 0.6 is 0 Å². The summed E-state index contributed by atoms with van der Waals surface area (Å²) in [7, 11) is 1.96. The fourth-order valence-electron chi connectivity index (χ4n) is 2.59. The van der Waals surface area contributed by atoms with E-state index in [4.69, 9.17) is 9.15 Å². The lowest BCUT2D eigenvalue weighted by atomic mass is 10.2. The highest BCUT2D eigenvalue weighted by Gasteiger charge is 2.27. The van der Waals surface area contributed by atoms with Crippen molar-refractivity contribution in [3.05, 3.63) is 47.7 Å². The normalized spacial score (nSPS) is 18.5. The van der Waals surface area contributed by atoms with Crippen LogP contribution in [-0.4, -0.2) is 35.2 Å². The molecule has 6 nitrogen and oxygen atoms in total. The summed E-state index contributed by atoms with van der Waals surface area (Å²) in [6, 6.07) is 5.74. The molecule has 0 aromatic carbocycles. The van der Waals surface area contributed by atoms with Gasteiger partial charge in [0.25, 0.3) is 0 Å². The molecule has 2 amide bonds. The Hall–Kier alpha value is -2.21. The number of ether oxygens (including phenoxy) is 1. The summed E-state index contributed by atoms with van der Waals surface area (Å²) in [5, 5.41) is 2.95. The van der Waals surface area contributed by atoms with E-state index in [9.17, 15) is 4.79 Å². The second kappa shape index (κ2) is 6.27. The zero-order chi connectivity index (χ0) is 15.5. The standard InChI is InChI=1S/C16H21N3O3/c1-12-3-4-14(22-12)15-11-19(7-8-21-15)16(20)17-9-13-5-6-18(2)10-13/h3-6,10,15H,7-9,11H2,1-2H3,(H,17,20)/t15-/m0/s1. The van der Waals surface area contributed by atoms with Crippen LogP contribution in [0, 0.1) is 6.92 Å². The fourth-order valence-corrected chi connectivity index (χ4v) is 2.59. The Labute approximate surface area is 129 Å². The van der Waals surface area contributed by atoms with Gasteiger partial charge in [-0.2, -0.15) is 0 Å². The Morgan fingerprint density at radius 2 is 2.27 bits per heavy atom. The van der Waals surface area contributed by atoms with Crippen LogP contribution in [0.15, 0.2) is 35.0 Å². The molecule has 3 heterocycles. The van der Waals surface area contributed by atoms with Crippen molar-refractivity contribution < 1.29 is 13.9 Å². The van der Waals surface area contributed by atoms with E-state index in [1.807, 2.05) is 49.1 Å². The minimum absolute atomic E-state index is 0.0690. The molecule has 1 aliphatic heterocycles. The maximum atomic E-state index is 12.3. The summed E-state index contributed by atoms with van der Waals surface area (Å²) in [5.74, 6) is 1.63. The third kappa shape index (κ3) is 3.33. The van der Waals surface area contributed by atoms with Gasteiger partial charge in [-0.15, -0.1) is 0 Å². The summed E-state index contributed by atoms with van der Waals surface area (Å²) in [6.45, 7) is 4.05. The van der Waals surface area contributed by atoms with E-state index in [2.05, 4.69) is 5.32 Å². The van der Waals surface area contributed by atoms with Crippen molar-refractivity contribution in [3.8, 4) is 0 Å². The molecular weight excluding hydrogens is 282 g/mol. The first-order valence-corrected chi connectivity index (χ1v) is 7.43. The highest BCUT2D eigenvalue weighted by Crippen LogP contribution is 2.24. The molecule has 1 aliphatic rings. The zero-order valence-corrected chi connectivity index (χ0v) is 12.9. The number of carbonyl (C=O) groups excluding carboxylic acids is 1. The van der Waals surface area contributed by atoms with Crippen molar-refractivity contribution in [2.45, 2.75) is 19.6 Å². The van der Waals surface area contributed by atoms with E-state index in [0.717, 1.165) is 17.1 Å². The van der Waals surface area contributed by atoms with E-state index in [-0.39, 0.29) is 12.1 Å². The minimum Gasteiger partial charge on any atom is -0.464 e. The molecule has 2 aromatic rings. The van der Waals surface area contributed by atoms with Crippen molar-refractivity contribution in [1.29, 1.82) is 0 Å². The molecular formula is C16H21N3O3. The van der Waals surface area contributed by atoms with Crippen molar-refractivity contribution in [3.63, 3.8) is 0 Å². The summed E-state index contributed by atoms with van der Waals surface area (Å²) < 4.78 is 13.3. The lowest BCUT2D eigenvalue weighted by molar-refractivity contribution is -0.0263. The number of rotatable bonds is 3. The van der Waals surface area contributed by atoms with Crippen molar-refractivity contribution >= 4 is 6.03 Å². The quantitative estimate of drug-likeness (QED) is 0.945. The maximum Gasteiger partial charge on any atom is 0.317 e. The molecule has 2 aromatic heterocycles. The summed E-state index contributed by atoms with van der Waals surface area (Å²) >= 11 is 0. The van der Waals surface area contributed by atoms with Crippen LogP contribution in [0.1, 0.15) is 23.2 Å². The molecule has 0 radical (unpaired) electrons. The van der Waals surface area contributed by atoms with Gasteiger partial charge in [0.1, 0.15) is 17.6 Å². The first-order valence-electron chi connectivity index (χ1n) is 7.43. The van der Waals surface area contributed by atoms with E-state index in [1.54, 1.807) is 4.90 Å². The largest absolute Gasteiger partial charge is 0.464 e. The van der Waals surface area contributed by atoms with E-state index in [1.165, 1.54) is 0 Å². The van der Waals surface area contributed by atoms with Crippen LogP contribution in [0.2, 0.25) is 0 Å². The maximum absolute atomic E-state index is 12.3. The number of hydrogen-bond acceptors (Lipinski definition) is 3. The number of carbonyl (C=O) groups is 1. The highest BCUT2D eigenvalue weighted by atomic mass is 16.5. The van der Waals surface area contributed by atoms with Gasteiger partial charge in [-0.25, -0.2) is 4.79 Å². The van der Waals surface area contributed by atoms with Crippen LogP contribution in [0.4, 0.5) is 4.79 Å². The minimum atomic E-state index is -0.190. The second-order valence-electron chi connectivity index (χ2n) is 5.60. The number of morpholine rings is 1. The average molecular weight is 303 g/mol. The molecule has 22 heavy (non-hydrogen) atoms. The molecule has 6 heteroatoms. The SMILES string of the molecule is Cc1ccc([C@@H]2CN(C(=O)NCc3ccn(C)c3)CCO2)o1. The molecule has 1 saturated heterocycles. The molecule has 118 valence electrons. The fraction of sp³-hybridized carbons (Fsp3) is 0.438. The van der Waals surface area contributed by atoms with Gasteiger partial charge in [0.05, 0.1) is 13.2 Å². The van der Waals surface area contributed by atoms with E-state index < -0.39 is 0 Å². The van der Waals surface area contributed by atoms with Crippen molar-refractivity contribution in [2.24, 2.45) is 7.05 Å². The predicted molar refractivity (Wildman–Crippen MR) is 81.4 cm³/mol. The van der Waals surface area contributed by atoms with Crippen LogP contribution in [-0.2, 0) is 18.3 Å². The topological polar surface area (TPSA) is 59.6 Å². The van der Waals surface area contributed by atoms with Gasteiger partial charge >= 0.3 is 6.03 Å². The lowest BCUT2D eigenvalue weighted by Crippen LogP contribution is -2.46. The third-order valence-electron chi connectivity index (χ3n) is 3.77. The smallest absolute Gasteiger partial charge is 0.317 e. The molecule has 1 fully saturated rings. The number of nitrogens with zero attached hydrogens (tertiary/aromatic N) is 2. The van der Waals surface area contributed by atoms with Crippen LogP contribution in [0.25, 0.3) is 0 Å². The monoisotopic (exact) mass is 303 g/mol. The number of urea groups is 1. The number of aryl methyl sites for hydroxylation is 2. The number of aromatic nitrogens is 1. The predicted octanol–water partition coefficient (Wildman–Crippen LogP) is 2.21. The number of furan rings is 1. The van der Waals surface area contributed by atoms with Gasteiger partial charge in [-0.3, -0.25) is 0 Å². The average Bonchev–Trinajstić information content (AvgIpc) is 3.13. The van der Waals surface area contributed by atoms with Crippen LogP contribution in [0.3, 0.4) is 0 Å². The molecule has 1 N–H and O–H groups in total. The molecule has 0 spiro atoms. The first-order chi connectivity index (χ1) is 10.6. The van der Waals surface area contributed by atoms with Crippen LogP contribution < -0.4 is 5.32 Å². The van der Waals surface area contributed by atoms with Gasteiger partial charge in [-0.1, -0.05) is 0 Å². The molecule has 0 bridgehead atoms. The third-order valence-corrected chi connectivity index (χ3v) is 3.77. The van der Waals surface area contributed by atoms with Crippen molar-refractivity contribution in [2.75, 3.05) is 19.7 Å². The summed E-state index contributed by atoms with van der Waals surface area (Å²) in [5.41, 5.74) is 1.09. The van der Waals surface area contributed by atoms with Gasteiger partial charge in [0, 0.05) is 32.5 Å². The van der Waals surface area contributed by atoms with E-state index in [0.29, 0.717) is 26.2 Å². The lowest BCUT2D eigenvalue weighted by Gasteiger charge is -2.32. The Morgan fingerprint density at radius 1 is 1.41 bits per heavy atom. The van der Waals surface area contributed by atoms with Gasteiger partial charge in [-0.05, 0) is 30.7 Å². The second-order valence-corrected chi connectivity index (χ2v) is 5.60. The Balaban J connectivity index is 1.55. The highest BCUT2D eigenvalue weighted by molar-refractivity contribution is 5.74. The number of amides is 2. The van der Waals surface area contributed by atoms with E-state index >= 15 is 0 Å². The first kappa shape index (κ1) is 14.7. The molecule has 1 atom stereocenters. The van der Waals surface area contributed by atoms with Crippen molar-refractivity contribution in [1.82, 2.24) is 14.8 Å². The Morgan fingerprint density at radius 3 is 2.95 bits per heavy atom.